The number of nitrogens with zero attached hydrogens (tertiary/aromatic N) is 1. The molecule has 124 valence electrons. The van der Waals surface area contributed by atoms with Gasteiger partial charge in [-0.1, -0.05) is 19.3 Å². The first-order valence-corrected chi connectivity index (χ1v) is 8.71. The van der Waals surface area contributed by atoms with Crippen LogP contribution >= 0.6 is 0 Å². The molecule has 1 saturated heterocycles. The number of rotatable bonds is 9. The molecule has 0 radical (unpaired) electrons. The van der Waals surface area contributed by atoms with E-state index >= 15 is 0 Å². The summed E-state index contributed by atoms with van der Waals surface area (Å²) in [6.07, 6.45) is 9.46. The standard InChI is InChI=1S/C17H33NO3/c1-3-21-17(20)11-7-5-9-13-18-12-8-4-6-10-16(18)14-15(2)19/h15-16,19H,3-14H2,1-2H3. The van der Waals surface area contributed by atoms with E-state index < -0.39 is 0 Å². The number of likely N-dealkylation sites (tertiary alicyclic amines) is 1. The van der Waals surface area contributed by atoms with E-state index in [0.717, 1.165) is 38.8 Å². The Bertz CT molecular complexity index is 281. The summed E-state index contributed by atoms with van der Waals surface area (Å²) in [5.41, 5.74) is 0. The molecule has 1 rings (SSSR count). The number of aliphatic hydroxyl groups excluding tert-OH is 1. The fourth-order valence-corrected chi connectivity index (χ4v) is 3.19. The van der Waals surface area contributed by atoms with Crippen LogP contribution in [0.2, 0.25) is 0 Å². The van der Waals surface area contributed by atoms with Gasteiger partial charge in [0.2, 0.25) is 0 Å². The summed E-state index contributed by atoms with van der Waals surface area (Å²) in [5.74, 6) is -0.0701. The van der Waals surface area contributed by atoms with E-state index in [0.29, 0.717) is 19.1 Å². The molecule has 2 atom stereocenters. The smallest absolute Gasteiger partial charge is 0.305 e. The van der Waals surface area contributed by atoms with Crippen molar-refractivity contribution >= 4 is 5.97 Å². The molecule has 0 aromatic heterocycles. The number of carbonyl (C=O) groups excluding carboxylic acids is 1. The number of hydrogen-bond donors (Lipinski definition) is 1. The van der Waals surface area contributed by atoms with Crippen molar-refractivity contribution in [2.75, 3.05) is 19.7 Å². The van der Waals surface area contributed by atoms with Gasteiger partial charge in [0.05, 0.1) is 12.7 Å². The van der Waals surface area contributed by atoms with E-state index in [9.17, 15) is 9.90 Å². The molecule has 0 amide bonds. The molecule has 0 aromatic carbocycles. The maximum Gasteiger partial charge on any atom is 0.305 e. The lowest BCUT2D eigenvalue weighted by atomic mass is 10.0. The molecule has 1 fully saturated rings. The summed E-state index contributed by atoms with van der Waals surface area (Å²) < 4.78 is 4.94. The van der Waals surface area contributed by atoms with Gasteiger partial charge in [0, 0.05) is 12.5 Å². The number of unbranched alkanes of at least 4 members (excludes halogenated alkanes) is 2. The zero-order valence-electron chi connectivity index (χ0n) is 13.9. The predicted molar refractivity (Wildman–Crippen MR) is 85.2 cm³/mol. The second-order valence-electron chi connectivity index (χ2n) is 6.24. The third kappa shape index (κ3) is 8.42. The summed E-state index contributed by atoms with van der Waals surface area (Å²) in [4.78, 5) is 13.8. The van der Waals surface area contributed by atoms with Gasteiger partial charge in [-0.05, 0) is 59.0 Å². The lowest BCUT2D eigenvalue weighted by Gasteiger charge is -2.30. The molecule has 1 N–H and O–H groups in total. The van der Waals surface area contributed by atoms with Crippen molar-refractivity contribution in [3.63, 3.8) is 0 Å². The van der Waals surface area contributed by atoms with Crippen molar-refractivity contribution in [3.8, 4) is 0 Å². The second kappa shape index (κ2) is 11.0. The third-order valence-corrected chi connectivity index (χ3v) is 4.24. The van der Waals surface area contributed by atoms with Gasteiger partial charge in [0.15, 0.2) is 0 Å². The van der Waals surface area contributed by atoms with Gasteiger partial charge in [0.25, 0.3) is 0 Å². The summed E-state index contributed by atoms with van der Waals surface area (Å²) in [5, 5.41) is 9.66. The Kier molecular flexibility index (Phi) is 9.68. The van der Waals surface area contributed by atoms with Gasteiger partial charge in [-0.15, -0.1) is 0 Å². The Hall–Kier alpha value is -0.610. The van der Waals surface area contributed by atoms with Crippen LogP contribution in [0, 0.1) is 0 Å². The molecule has 0 saturated carbocycles. The highest BCUT2D eigenvalue weighted by atomic mass is 16.5. The number of hydrogen-bond acceptors (Lipinski definition) is 4. The minimum atomic E-state index is -0.209. The zero-order valence-corrected chi connectivity index (χ0v) is 13.9. The van der Waals surface area contributed by atoms with Crippen LogP contribution in [0.25, 0.3) is 0 Å². The Labute approximate surface area is 129 Å². The first kappa shape index (κ1) is 18.4. The van der Waals surface area contributed by atoms with Gasteiger partial charge < -0.3 is 14.7 Å². The molecule has 4 heteroatoms. The first-order valence-electron chi connectivity index (χ1n) is 8.71. The Morgan fingerprint density at radius 1 is 1.29 bits per heavy atom. The molecule has 1 heterocycles. The fraction of sp³-hybridized carbons (Fsp3) is 0.941. The SMILES string of the molecule is CCOC(=O)CCCCCN1CCCCCC1CC(C)O. The summed E-state index contributed by atoms with van der Waals surface area (Å²) in [7, 11) is 0. The van der Waals surface area contributed by atoms with Crippen molar-refractivity contribution in [2.24, 2.45) is 0 Å². The highest BCUT2D eigenvalue weighted by Crippen LogP contribution is 2.21. The predicted octanol–water partition coefficient (Wildman–Crippen LogP) is 3.13. The van der Waals surface area contributed by atoms with Crippen LogP contribution in [0.1, 0.15) is 71.6 Å². The van der Waals surface area contributed by atoms with Gasteiger partial charge in [-0.3, -0.25) is 4.79 Å². The largest absolute Gasteiger partial charge is 0.466 e. The van der Waals surface area contributed by atoms with E-state index in [-0.39, 0.29) is 12.1 Å². The third-order valence-electron chi connectivity index (χ3n) is 4.24. The van der Waals surface area contributed by atoms with Crippen LogP contribution in [0.4, 0.5) is 0 Å². The molecule has 1 aliphatic heterocycles. The van der Waals surface area contributed by atoms with Crippen LogP contribution in [-0.4, -0.2) is 47.8 Å². The highest BCUT2D eigenvalue weighted by Gasteiger charge is 2.21. The van der Waals surface area contributed by atoms with Crippen LogP contribution in [0.15, 0.2) is 0 Å². The van der Waals surface area contributed by atoms with E-state index in [1.807, 2.05) is 13.8 Å². The summed E-state index contributed by atoms with van der Waals surface area (Å²) in [6.45, 7) is 6.48. The van der Waals surface area contributed by atoms with Gasteiger partial charge >= 0.3 is 5.97 Å². The molecule has 0 spiro atoms. The minimum absolute atomic E-state index is 0.0701. The van der Waals surface area contributed by atoms with Crippen LogP contribution in [0.5, 0.6) is 0 Å². The average molecular weight is 299 g/mol. The van der Waals surface area contributed by atoms with Crippen molar-refractivity contribution in [1.29, 1.82) is 0 Å². The molecule has 0 aromatic rings. The van der Waals surface area contributed by atoms with Crippen molar-refractivity contribution in [2.45, 2.75) is 83.8 Å². The van der Waals surface area contributed by atoms with Crippen molar-refractivity contribution < 1.29 is 14.6 Å². The lowest BCUT2D eigenvalue weighted by Crippen LogP contribution is -2.37. The molecular formula is C17H33NO3. The maximum atomic E-state index is 11.3. The molecule has 2 unspecified atom stereocenters. The van der Waals surface area contributed by atoms with E-state index in [1.54, 1.807) is 0 Å². The van der Waals surface area contributed by atoms with Crippen LogP contribution in [0.3, 0.4) is 0 Å². The van der Waals surface area contributed by atoms with E-state index in [2.05, 4.69) is 4.90 Å². The monoisotopic (exact) mass is 299 g/mol. The Morgan fingerprint density at radius 3 is 2.81 bits per heavy atom. The minimum Gasteiger partial charge on any atom is -0.466 e. The summed E-state index contributed by atoms with van der Waals surface area (Å²) >= 11 is 0. The van der Waals surface area contributed by atoms with Crippen LogP contribution in [-0.2, 0) is 9.53 Å². The quantitative estimate of drug-likeness (QED) is 0.525. The normalized spacial score (nSPS) is 21.8. The Morgan fingerprint density at radius 2 is 2.10 bits per heavy atom. The molecule has 4 nitrogen and oxygen atoms in total. The van der Waals surface area contributed by atoms with Crippen molar-refractivity contribution in [3.05, 3.63) is 0 Å². The van der Waals surface area contributed by atoms with E-state index in [4.69, 9.17) is 4.74 Å². The topological polar surface area (TPSA) is 49.8 Å². The van der Waals surface area contributed by atoms with E-state index in [1.165, 1.54) is 25.7 Å². The van der Waals surface area contributed by atoms with Crippen LogP contribution < -0.4 is 0 Å². The number of carbonyl (C=O) groups is 1. The molecule has 1 aliphatic rings. The van der Waals surface area contributed by atoms with Gasteiger partial charge in [-0.25, -0.2) is 0 Å². The van der Waals surface area contributed by atoms with Gasteiger partial charge in [-0.2, -0.15) is 0 Å². The first-order chi connectivity index (χ1) is 10.1. The maximum absolute atomic E-state index is 11.3. The summed E-state index contributed by atoms with van der Waals surface area (Å²) in [6, 6.07) is 0.539. The highest BCUT2D eigenvalue weighted by molar-refractivity contribution is 5.69. The molecule has 21 heavy (non-hydrogen) atoms. The second-order valence-corrected chi connectivity index (χ2v) is 6.24. The lowest BCUT2D eigenvalue weighted by molar-refractivity contribution is -0.143. The van der Waals surface area contributed by atoms with Crippen molar-refractivity contribution in [1.82, 2.24) is 4.90 Å². The fourth-order valence-electron chi connectivity index (χ4n) is 3.19. The zero-order chi connectivity index (χ0) is 15.5. The number of esters is 1. The molecule has 0 aliphatic carbocycles. The average Bonchev–Trinajstić information content (AvgIpc) is 2.64. The van der Waals surface area contributed by atoms with Gasteiger partial charge in [0.1, 0.15) is 0 Å². The molecule has 0 bridgehead atoms. The number of ether oxygens (including phenoxy) is 1. The Balaban J connectivity index is 2.21. The number of aliphatic hydroxyl groups is 1. The molecular weight excluding hydrogens is 266 g/mol.